The SMILES string of the molecule is CC(C)C(=O)Nc1ncc(Cl)s1. The van der Waals surface area contributed by atoms with E-state index in [0.29, 0.717) is 9.47 Å². The summed E-state index contributed by atoms with van der Waals surface area (Å²) < 4.78 is 0.578. The summed E-state index contributed by atoms with van der Waals surface area (Å²) in [6, 6.07) is 0. The average Bonchev–Trinajstić information content (AvgIpc) is 2.35. The Bertz CT molecular complexity index is 285. The predicted molar refractivity (Wildman–Crippen MR) is 50.6 cm³/mol. The highest BCUT2D eigenvalue weighted by molar-refractivity contribution is 7.19. The van der Waals surface area contributed by atoms with Crippen LogP contribution in [-0.2, 0) is 4.79 Å². The molecule has 0 radical (unpaired) electrons. The third-order valence-corrected chi connectivity index (χ3v) is 2.26. The van der Waals surface area contributed by atoms with Crippen LogP contribution in [0.5, 0.6) is 0 Å². The number of nitrogens with one attached hydrogen (secondary N) is 1. The van der Waals surface area contributed by atoms with Gasteiger partial charge in [0.05, 0.1) is 6.20 Å². The van der Waals surface area contributed by atoms with Crippen molar-refractivity contribution in [2.24, 2.45) is 5.92 Å². The van der Waals surface area contributed by atoms with Gasteiger partial charge in [0.1, 0.15) is 4.34 Å². The van der Waals surface area contributed by atoms with Crippen molar-refractivity contribution in [1.82, 2.24) is 4.98 Å². The molecule has 0 aliphatic heterocycles. The lowest BCUT2D eigenvalue weighted by Crippen LogP contribution is -2.17. The standard InChI is InChI=1S/C7H9ClN2OS/c1-4(2)6(11)10-7-9-3-5(8)12-7/h3-4H,1-2H3,(H,9,10,11). The molecule has 5 heteroatoms. The highest BCUT2D eigenvalue weighted by Gasteiger charge is 2.08. The fraction of sp³-hybridized carbons (Fsp3) is 0.429. The van der Waals surface area contributed by atoms with Crippen molar-refractivity contribution in [1.29, 1.82) is 0 Å². The fourth-order valence-corrected chi connectivity index (χ4v) is 1.38. The summed E-state index contributed by atoms with van der Waals surface area (Å²) in [5, 5.41) is 3.20. The lowest BCUT2D eigenvalue weighted by molar-refractivity contribution is -0.118. The van der Waals surface area contributed by atoms with Crippen LogP contribution in [0.1, 0.15) is 13.8 Å². The second-order valence-electron chi connectivity index (χ2n) is 2.61. The number of carbonyl (C=O) groups excluding carboxylic acids is 1. The number of hydrogen-bond acceptors (Lipinski definition) is 3. The van der Waals surface area contributed by atoms with Gasteiger partial charge in [-0.1, -0.05) is 36.8 Å². The lowest BCUT2D eigenvalue weighted by Gasteiger charge is -2.02. The summed E-state index contributed by atoms with van der Waals surface area (Å²) in [7, 11) is 0. The zero-order valence-electron chi connectivity index (χ0n) is 6.80. The molecule has 0 unspecified atom stereocenters. The number of halogens is 1. The van der Waals surface area contributed by atoms with Crippen molar-refractivity contribution in [3.63, 3.8) is 0 Å². The Kier molecular flexibility index (Phi) is 3.05. The molecule has 66 valence electrons. The first-order valence-corrected chi connectivity index (χ1v) is 4.71. The van der Waals surface area contributed by atoms with Crippen molar-refractivity contribution in [2.45, 2.75) is 13.8 Å². The van der Waals surface area contributed by atoms with Gasteiger partial charge in [0, 0.05) is 5.92 Å². The van der Waals surface area contributed by atoms with Gasteiger partial charge in [0.25, 0.3) is 0 Å². The Morgan fingerprint density at radius 1 is 1.75 bits per heavy atom. The molecule has 1 N–H and O–H groups in total. The van der Waals surface area contributed by atoms with Gasteiger partial charge in [-0.3, -0.25) is 4.79 Å². The van der Waals surface area contributed by atoms with E-state index in [1.54, 1.807) is 0 Å². The molecule has 1 aromatic heterocycles. The molecule has 0 aliphatic carbocycles. The van der Waals surface area contributed by atoms with E-state index in [1.807, 2.05) is 13.8 Å². The molecule has 0 spiro atoms. The molecule has 1 amide bonds. The molecule has 1 rings (SSSR count). The third kappa shape index (κ3) is 2.46. The van der Waals surface area contributed by atoms with Gasteiger partial charge in [-0.15, -0.1) is 0 Å². The van der Waals surface area contributed by atoms with E-state index in [2.05, 4.69) is 10.3 Å². The van der Waals surface area contributed by atoms with Crippen LogP contribution in [0.4, 0.5) is 5.13 Å². The summed E-state index contributed by atoms with van der Waals surface area (Å²) in [4.78, 5) is 15.0. The molecular formula is C7H9ClN2OS. The highest BCUT2D eigenvalue weighted by Crippen LogP contribution is 2.22. The van der Waals surface area contributed by atoms with Gasteiger partial charge in [-0.2, -0.15) is 0 Å². The average molecular weight is 205 g/mol. The second-order valence-corrected chi connectivity index (χ2v) is 4.28. The van der Waals surface area contributed by atoms with E-state index in [9.17, 15) is 4.79 Å². The van der Waals surface area contributed by atoms with Crippen molar-refractivity contribution >= 4 is 34.0 Å². The monoisotopic (exact) mass is 204 g/mol. The largest absolute Gasteiger partial charge is 0.302 e. The molecule has 0 saturated carbocycles. The van der Waals surface area contributed by atoms with Gasteiger partial charge in [-0.05, 0) is 0 Å². The lowest BCUT2D eigenvalue weighted by atomic mass is 10.2. The van der Waals surface area contributed by atoms with E-state index in [-0.39, 0.29) is 11.8 Å². The van der Waals surface area contributed by atoms with Crippen LogP contribution in [0.3, 0.4) is 0 Å². The van der Waals surface area contributed by atoms with Crippen molar-refractivity contribution in [3.05, 3.63) is 10.5 Å². The molecule has 0 fully saturated rings. The van der Waals surface area contributed by atoms with E-state index < -0.39 is 0 Å². The maximum absolute atomic E-state index is 11.1. The Hall–Kier alpha value is -0.610. The Morgan fingerprint density at radius 2 is 2.42 bits per heavy atom. The van der Waals surface area contributed by atoms with E-state index >= 15 is 0 Å². The number of nitrogens with zero attached hydrogens (tertiary/aromatic N) is 1. The quantitative estimate of drug-likeness (QED) is 0.804. The number of rotatable bonds is 2. The topological polar surface area (TPSA) is 42.0 Å². The van der Waals surface area contributed by atoms with Crippen LogP contribution in [0, 0.1) is 5.92 Å². The minimum Gasteiger partial charge on any atom is -0.302 e. The summed E-state index contributed by atoms with van der Waals surface area (Å²) >= 11 is 6.88. The summed E-state index contributed by atoms with van der Waals surface area (Å²) in [5.41, 5.74) is 0. The molecule has 1 aromatic rings. The molecule has 0 aromatic carbocycles. The number of amides is 1. The number of aromatic nitrogens is 1. The Labute approximate surface area is 79.8 Å². The molecule has 3 nitrogen and oxygen atoms in total. The summed E-state index contributed by atoms with van der Waals surface area (Å²) in [6.45, 7) is 3.65. The molecule has 12 heavy (non-hydrogen) atoms. The molecule has 0 saturated heterocycles. The maximum Gasteiger partial charge on any atom is 0.228 e. The van der Waals surface area contributed by atoms with Crippen LogP contribution >= 0.6 is 22.9 Å². The number of carbonyl (C=O) groups is 1. The van der Waals surface area contributed by atoms with Crippen LogP contribution < -0.4 is 5.32 Å². The van der Waals surface area contributed by atoms with E-state index in [0.717, 1.165) is 0 Å². The number of hydrogen-bond donors (Lipinski definition) is 1. The Balaban J connectivity index is 2.58. The van der Waals surface area contributed by atoms with E-state index in [1.165, 1.54) is 17.5 Å². The number of thiazole rings is 1. The minimum absolute atomic E-state index is 0.0346. The van der Waals surface area contributed by atoms with Gasteiger partial charge >= 0.3 is 0 Å². The first-order chi connectivity index (χ1) is 5.59. The first kappa shape index (κ1) is 9.48. The zero-order valence-corrected chi connectivity index (χ0v) is 8.37. The normalized spacial score (nSPS) is 10.3. The summed E-state index contributed by atoms with van der Waals surface area (Å²) in [6.07, 6.45) is 1.52. The van der Waals surface area contributed by atoms with Crippen molar-refractivity contribution in [2.75, 3.05) is 5.32 Å². The summed E-state index contributed by atoms with van der Waals surface area (Å²) in [5.74, 6) is -0.0753. The minimum atomic E-state index is -0.0407. The van der Waals surface area contributed by atoms with Crippen molar-refractivity contribution < 1.29 is 4.79 Å². The fourth-order valence-electron chi connectivity index (χ4n) is 0.562. The van der Waals surface area contributed by atoms with E-state index in [4.69, 9.17) is 11.6 Å². The van der Waals surface area contributed by atoms with Crippen LogP contribution in [0.15, 0.2) is 6.20 Å². The molecule has 0 aliphatic rings. The zero-order chi connectivity index (χ0) is 9.14. The van der Waals surface area contributed by atoms with Gasteiger partial charge in [0.2, 0.25) is 5.91 Å². The highest BCUT2D eigenvalue weighted by atomic mass is 35.5. The second kappa shape index (κ2) is 3.87. The van der Waals surface area contributed by atoms with Gasteiger partial charge in [0.15, 0.2) is 5.13 Å². The third-order valence-electron chi connectivity index (χ3n) is 1.23. The van der Waals surface area contributed by atoms with Crippen molar-refractivity contribution in [3.8, 4) is 0 Å². The molecule has 1 heterocycles. The molecule has 0 bridgehead atoms. The Morgan fingerprint density at radius 3 is 2.83 bits per heavy atom. The number of anilines is 1. The smallest absolute Gasteiger partial charge is 0.228 e. The van der Waals surface area contributed by atoms with Crippen LogP contribution in [0.2, 0.25) is 4.34 Å². The predicted octanol–water partition coefficient (Wildman–Crippen LogP) is 2.39. The molecular weight excluding hydrogens is 196 g/mol. The van der Waals surface area contributed by atoms with Crippen LogP contribution in [0.25, 0.3) is 0 Å². The van der Waals surface area contributed by atoms with Gasteiger partial charge < -0.3 is 5.32 Å². The maximum atomic E-state index is 11.1. The molecule has 0 atom stereocenters. The van der Waals surface area contributed by atoms with Crippen LogP contribution in [-0.4, -0.2) is 10.9 Å². The van der Waals surface area contributed by atoms with Gasteiger partial charge in [-0.25, -0.2) is 4.98 Å². The first-order valence-electron chi connectivity index (χ1n) is 3.52.